The highest BCUT2D eigenvalue weighted by Crippen LogP contribution is 2.11. The zero-order chi connectivity index (χ0) is 14.4. The first-order valence-electron chi connectivity index (χ1n) is 6.46. The molecule has 5 heteroatoms. The Morgan fingerprint density at radius 1 is 1.35 bits per heavy atom. The van der Waals surface area contributed by atoms with E-state index in [0.717, 1.165) is 5.56 Å². The quantitative estimate of drug-likeness (QED) is 0.737. The van der Waals surface area contributed by atoms with E-state index in [4.69, 9.17) is 14.9 Å². The molecule has 0 bridgehead atoms. The molecular weight excluding hydrogens is 258 g/mol. The van der Waals surface area contributed by atoms with E-state index in [1.54, 1.807) is 29.2 Å². The lowest BCUT2D eigenvalue weighted by molar-refractivity contribution is -0.0447. The monoisotopic (exact) mass is 275 g/mol. The van der Waals surface area contributed by atoms with Crippen molar-refractivity contribution in [2.45, 2.75) is 6.10 Å². The summed E-state index contributed by atoms with van der Waals surface area (Å²) < 4.78 is 5.32. The Kier molecular flexibility index (Phi) is 5.13. The molecule has 0 radical (unpaired) electrons. The SMILES string of the molecule is O=C(c1ccc(C#CCO)cc1)N1CCOC(CO)C1. The summed E-state index contributed by atoms with van der Waals surface area (Å²) in [7, 11) is 0. The molecule has 1 aliphatic heterocycles. The van der Waals surface area contributed by atoms with E-state index in [1.165, 1.54) is 0 Å². The van der Waals surface area contributed by atoms with Crippen molar-refractivity contribution in [3.63, 3.8) is 0 Å². The van der Waals surface area contributed by atoms with Crippen LogP contribution in [0.4, 0.5) is 0 Å². The minimum atomic E-state index is -0.303. The molecule has 0 aromatic heterocycles. The summed E-state index contributed by atoms with van der Waals surface area (Å²) in [4.78, 5) is 14.0. The molecule has 0 spiro atoms. The highest BCUT2D eigenvalue weighted by Gasteiger charge is 2.24. The van der Waals surface area contributed by atoms with Gasteiger partial charge in [0, 0.05) is 24.2 Å². The number of carbonyl (C=O) groups is 1. The molecule has 20 heavy (non-hydrogen) atoms. The summed E-state index contributed by atoms with van der Waals surface area (Å²) in [6, 6.07) is 6.93. The Bertz CT molecular complexity index is 515. The second kappa shape index (κ2) is 7.06. The van der Waals surface area contributed by atoms with Crippen LogP contribution in [0.1, 0.15) is 15.9 Å². The average Bonchev–Trinajstić information content (AvgIpc) is 2.52. The minimum absolute atomic E-state index is 0.0755. The van der Waals surface area contributed by atoms with Crippen molar-refractivity contribution in [1.82, 2.24) is 4.90 Å². The summed E-state index contributed by atoms with van der Waals surface area (Å²) >= 11 is 0. The maximum Gasteiger partial charge on any atom is 0.254 e. The maximum absolute atomic E-state index is 12.3. The molecule has 2 rings (SSSR count). The molecule has 1 unspecified atom stereocenters. The van der Waals surface area contributed by atoms with Crippen molar-refractivity contribution in [2.75, 3.05) is 32.9 Å². The predicted octanol–water partition coefficient (Wildman–Crippen LogP) is -0.136. The minimum Gasteiger partial charge on any atom is -0.394 e. The summed E-state index contributed by atoms with van der Waals surface area (Å²) in [5.74, 6) is 5.26. The molecule has 1 aromatic carbocycles. The third-order valence-electron chi connectivity index (χ3n) is 3.07. The fourth-order valence-corrected chi connectivity index (χ4v) is 2.03. The summed E-state index contributed by atoms with van der Waals surface area (Å²) in [6.45, 7) is 1.11. The Labute approximate surface area is 117 Å². The van der Waals surface area contributed by atoms with E-state index in [2.05, 4.69) is 11.8 Å². The van der Waals surface area contributed by atoms with Gasteiger partial charge in [0.2, 0.25) is 0 Å². The molecule has 5 nitrogen and oxygen atoms in total. The second-order valence-electron chi connectivity index (χ2n) is 4.46. The lowest BCUT2D eigenvalue weighted by atomic mass is 10.1. The van der Waals surface area contributed by atoms with E-state index >= 15 is 0 Å². The number of rotatable bonds is 2. The molecule has 0 aliphatic carbocycles. The third kappa shape index (κ3) is 3.58. The number of aliphatic hydroxyl groups excluding tert-OH is 2. The van der Waals surface area contributed by atoms with Crippen molar-refractivity contribution in [3.05, 3.63) is 35.4 Å². The van der Waals surface area contributed by atoms with E-state index in [0.29, 0.717) is 25.3 Å². The first-order valence-corrected chi connectivity index (χ1v) is 6.46. The predicted molar refractivity (Wildman–Crippen MR) is 73.1 cm³/mol. The number of amides is 1. The fraction of sp³-hybridized carbons (Fsp3) is 0.400. The first-order chi connectivity index (χ1) is 9.74. The van der Waals surface area contributed by atoms with Crippen LogP contribution in [0.2, 0.25) is 0 Å². The van der Waals surface area contributed by atoms with Crippen LogP contribution in [0, 0.1) is 11.8 Å². The van der Waals surface area contributed by atoms with Gasteiger partial charge in [0.25, 0.3) is 5.91 Å². The highest BCUT2D eigenvalue weighted by molar-refractivity contribution is 5.94. The number of hydrogen-bond acceptors (Lipinski definition) is 4. The molecule has 106 valence electrons. The van der Waals surface area contributed by atoms with E-state index in [9.17, 15) is 4.79 Å². The van der Waals surface area contributed by atoms with E-state index < -0.39 is 0 Å². The van der Waals surface area contributed by atoms with Crippen LogP contribution in [0.5, 0.6) is 0 Å². The van der Waals surface area contributed by atoms with Gasteiger partial charge in [0.15, 0.2) is 0 Å². The molecule has 2 N–H and O–H groups in total. The number of benzene rings is 1. The Hall–Kier alpha value is -1.87. The second-order valence-corrected chi connectivity index (χ2v) is 4.46. The van der Waals surface area contributed by atoms with Gasteiger partial charge in [-0.15, -0.1) is 0 Å². The number of nitrogens with zero attached hydrogens (tertiary/aromatic N) is 1. The summed E-state index contributed by atoms with van der Waals surface area (Å²) in [5.41, 5.74) is 1.34. The average molecular weight is 275 g/mol. The molecule has 1 fully saturated rings. The van der Waals surface area contributed by atoms with Gasteiger partial charge in [-0.3, -0.25) is 4.79 Å². The molecule has 0 saturated carbocycles. The van der Waals surface area contributed by atoms with Crippen molar-refractivity contribution in [1.29, 1.82) is 0 Å². The number of ether oxygens (including phenoxy) is 1. The van der Waals surface area contributed by atoms with Gasteiger partial charge in [-0.25, -0.2) is 0 Å². The molecule has 1 saturated heterocycles. The van der Waals surface area contributed by atoms with Crippen molar-refractivity contribution in [2.24, 2.45) is 0 Å². The standard InChI is InChI=1S/C15H17NO4/c17-8-1-2-12-3-5-13(6-4-12)15(19)16-7-9-20-14(10-16)11-18/h3-6,14,17-18H,7-11H2. The molecule has 1 amide bonds. The number of carbonyl (C=O) groups excluding carboxylic acids is 1. The molecule has 1 aromatic rings. The van der Waals surface area contributed by atoms with Gasteiger partial charge >= 0.3 is 0 Å². The normalized spacial score (nSPS) is 18.3. The van der Waals surface area contributed by atoms with Crippen LogP contribution >= 0.6 is 0 Å². The lowest BCUT2D eigenvalue weighted by Gasteiger charge is -2.32. The molecule has 1 aliphatic rings. The lowest BCUT2D eigenvalue weighted by Crippen LogP contribution is -2.46. The van der Waals surface area contributed by atoms with Gasteiger partial charge in [-0.2, -0.15) is 0 Å². The van der Waals surface area contributed by atoms with Gasteiger partial charge in [-0.1, -0.05) is 11.8 Å². The van der Waals surface area contributed by atoms with Crippen molar-refractivity contribution in [3.8, 4) is 11.8 Å². The third-order valence-corrected chi connectivity index (χ3v) is 3.07. The van der Waals surface area contributed by atoms with Crippen LogP contribution in [-0.2, 0) is 4.74 Å². The number of aliphatic hydroxyl groups is 2. The molecule has 1 atom stereocenters. The first kappa shape index (κ1) is 14.5. The zero-order valence-electron chi connectivity index (χ0n) is 11.1. The van der Waals surface area contributed by atoms with Crippen molar-refractivity contribution >= 4 is 5.91 Å². The van der Waals surface area contributed by atoms with Crippen LogP contribution in [0.15, 0.2) is 24.3 Å². The van der Waals surface area contributed by atoms with Crippen LogP contribution in [-0.4, -0.2) is 60.0 Å². The molecular formula is C15H17NO4. The Morgan fingerprint density at radius 2 is 2.10 bits per heavy atom. The Morgan fingerprint density at radius 3 is 2.75 bits per heavy atom. The zero-order valence-corrected chi connectivity index (χ0v) is 11.1. The topological polar surface area (TPSA) is 70.0 Å². The summed E-state index contributed by atoms with van der Waals surface area (Å²) in [5, 5.41) is 17.7. The van der Waals surface area contributed by atoms with Gasteiger partial charge in [-0.05, 0) is 24.3 Å². The highest BCUT2D eigenvalue weighted by atomic mass is 16.5. The fourth-order valence-electron chi connectivity index (χ4n) is 2.03. The maximum atomic E-state index is 12.3. The number of morpholine rings is 1. The largest absolute Gasteiger partial charge is 0.394 e. The van der Waals surface area contributed by atoms with Crippen LogP contribution in [0.3, 0.4) is 0 Å². The van der Waals surface area contributed by atoms with E-state index in [1.807, 2.05) is 0 Å². The van der Waals surface area contributed by atoms with Gasteiger partial charge < -0.3 is 19.8 Å². The smallest absolute Gasteiger partial charge is 0.254 e. The van der Waals surface area contributed by atoms with E-state index in [-0.39, 0.29) is 25.2 Å². The Balaban J connectivity index is 2.05. The summed E-state index contributed by atoms with van der Waals surface area (Å²) in [6.07, 6.45) is -0.303. The van der Waals surface area contributed by atoms with Crippen molar-refractivity contribution < 1.29 is 19.7 Å². The van der Waals surface area contributed by atoms with Gasteiger partial charge in [0.1, 0.15) is 6.61 Å². The van der Waals surface area contributed by atoms with Crippen LogP contribution < -0.4 is 0 Å². The molecule has 1 heterocycles. The van der Waals surface area contributed by atoms with Gasteiger partial charge in [0.05, 0.1) is 19.3 Å². The van der Waals surface area contributed by atoms with Crippen LogP contribution in [0.25, 0.3) is 0 Å². The number of hydrogen-bond donors (Lipinski definition) is 2.